The molecule has 1 N–H and O–H groups in total. The van der Waals surface area contributed by atoms with E-state index in [1.165, 1.54) is 0 Å². The van der Waals surface area contributed by atoms with Crippen molar-refractivity contribution in [3.8, 4) is 0 Å². The Labute approximate surface area is 179 Å². The number of thiophene rings is 1. The number of nitrogens with one attached hydrogen (secondary N) is 1. The molecule has 2 aromatic carbocycles. The van der Waals surface area contributed by atoms with Crippen molar-refractivity contribution in [3.05, 3.63) is 87.6 Å². The number of carbonyl (C=O) groups excluding carboxylic acids is 1. The molecule has 1 aromatic heterocycles. The highest BCUT2D eigenvalue weighted by Crippen LogP contribution is 2.36. The largest absolute Gasteiger partial charge is 0.284 e. The lowest BCUT2D eigenvalue weighted by atomic mass is 10.0. The summed E-state index contributed by atoms with van der Waals surface area (Å²) in [6.45, 7) is 1.95. The fraction of sp³-hybridized carbons (Fsp3) is 0.182. The maximum atomic E-state index is 13.3. The van der Waals surface area contributed by atoms with Crippen molar-refractivity contribution < 1.29 is 13.2 Å². The van der Waals surface area contributed by atoms with Crippen LogP contribution in [0.3, 0.4) is 0 Å². The SMILES string of the molecule is Cc1cccc(C(=O)N2N=C(c3cccc(NS(C)(=O)=O)c3)C[C@@H]2c2cccs2)c1. The number of amides is 1. The third kappa shape index (κ3) is 4.44. The number of sulfonamides is 1. The molecule has 8 heteroatoms. The van der Waals surface area contributed by atoms with Gasteiger partial charge in [0.15, 0.2) is 0 Å². The van der Waals surface area contributed by atoms with Gasteiger partial charge in [-0.2, -0.15) is 5.10 Å². The topological polar surface area (TPSA) is 78.8 Å². The molecule has 1 atom stereocenters. The van der Waals surface area contributed by atoms with Gasteiger partial charge in [0.1, 0.15) is 0 Å². The fourth-order valence-electron chi connectivity index (χ4n) is 3.46. The van der Waals surface area contributed by atoms with Gasteiger partial charge in [-0.1, -0.05) is 35.9 Å². The quantitative estimate of drug-likeness (QED) is 0.639. The van der Waals surface area contributed by atoms with Crippen LogP contribution in [0.4, 0.5) is 5.69 Å². The normalized spacial score (nSPS) is 16.4. The Morgan fingerprint density at radius 2 is 1.93 bits per heavy atom. The molecule has 1 amide bonds. The van der Waals surface area contributed by atoms with Gasteiger partial charge in [0.25, 0.3) is 5.91 Å². The van der Waals surface area contributed by atoms with Gasteiger partial charge in [-0.3, -0.25) is 9.52 Å². The number of anilines is 1. The third-order valence-corrected chi connectivity index (χ3v) is 6.33. The Kier molecular flexibility index (Phi) is 5.44. The lowest BCUT2D eigenvalue weighted by Gasteiger charge is -2.20. The average molecular weight is 440 g/mol. The van der Waals surface area contributed by atoms with E-state index in [1.54, 1.807) is 40.6 Å². The zero-order valence-corrected chi connectivity index (χ0v) is 18.2. The molecule has 0 spiro atoms. The van der Waals surface area contributed by atoms with E-state index in [9.17, 15) is 13.2 Å². The Bertz CT molecular complexity index is 1220. The number of aryl methyl sites for hydroxylation is 1. The van der Waals surface area contributed by atoms with Crippen molar-refractivity contribution >= 4 is 38.7 Å². The van der Waals surface area contributed by atoms with E-state index in [0.29, 0.717) is 17.7 Å². The smallest absolute Gasteiger partial charge is 0.274 e. The Morgan fingerprint density at radius 1 is 1.13 bits per heavy atom. The minimum atomic E-state index is -3.38. The van der Waals surface area contributed by atoms with Crippen molar-refractivity contribution in [2.24, 2.45) is 5.10 Å². The molecule has 154 valence electrons. The fourth-order valence-corrected chi connectivity index (χ4v) is 4.83. The summed E-state index contributed by atoms with van der Waals surface area (Å²) in [5.41, 5.74) is 3.59. The summed E-state index contributed by atoms with van der Waals surface area (Å²) in [5, 5.41) is 8.20. The van der Waals surface area contributed by atoms with E-state index in [-0.39, 0.29) is 11.9 Å². The van der Waals surface area contributed by atoms with Crippen LogP contribution in [-0.4, -0.2) is 31.3 Å². The van der Waals surface area contributed by atoms with E-state index in [2.05, 4.69) is 9.82 Å². The highest BCUT2D eigenvalue weighted by atomic mass is 32.2. The number of nitrogens with zero attached hydrogens (tertiary/aromatic N) is 2. The zero-order chi connectivity index (χ0) is 21.3. The number of hydrogen-bond acceptors (Lipinski definition) is 5. The molecule has 4 rings (SSSR count). The summed E-state index contributed by atoms with van der Waals surface area (Å²) in [6.07, 6.45) is 1.67. The van der Waals surface area contributed by atoms with E-state index in [0.717, 1.165) is 28.0 Å². The van der Waals surface area contributed by atoms with Crippen LogP contribution in [0, 0.1) is 6.92 Å². The molecule has 0 fully saturated rings. The molecule has 3 aromatic rings. The molecule has 1 aliphatic heterocycles. The summed E-state index contributed by atoms with van der Waals surface area (Å²) < 4.78 is 25.6. The Morgan fingerprint density at radius 3 is 2.63 bits per heavy atom. The molecule has 0 bridgehead atoms. The monoisotopic (exact) mass is 439 g/mol. The van der Waals surface area contributed by atoms with Gasteiger partial charge in [0.2, 0.25) is 10.0 Å². The number of carbonyl (C=O) groups is 1. The van der Waals surface area contributed by atoms with Gasteiger partial charge in [-0.05, 0) is 48.2 Å². The minimum Gasteiger partial charge on any atom is -0.284 e. The van der Waals surface area contributed by atoms with Crippen LogP contribution in [0.15, 0.2) is 71.1 Å². The van der Waals surface area contributed by atoms with Gasteiger partial charge in [-0.15, -0.1) is 11.3 Å². The van der Waals surface area contributed by atoms with Crippen LogP contribution in [0.5, 0.6) is 0 Å². The van der Waals surface area contributed by atoms with Gasteiger partial charge in [-0.25, -0.2) is 13.4 Å². The minimum absolute atomic E-state index is 0.155. The molecule has 30 heavy (non-hydrogen) atoms. The van der Waals surface area contributed by atoms with Crippen LogP contribution in [0.1, 0.15) is 38.8 Å². The summed E-state index contributed by atoms with van der Waals surface area (Å²) in [4.78, 5) is 14.3. The average Bonchev–Trinajstić information content (AvgIpc) is 3.36. The van der Waals surface area contributed by atoms with Gasteiger partial charge in [0, 0.05) is 22.5 Å². The second-order valence-electron chi connectivity index (χ2n) is 7.26. The molecule has 0 aliphatic carbocycles. The predicted octanol–water partition coefficient (Wildman–Crippen LogP) is 4.42. The summed E-state index contributed by atoms with van der Waals surface area (Å²) >= 11 is 1.59. The van der Waals surface area contributed by atoms with E-state index >= 15 is 0 Å². The number of hydrazone groups is 1. The number of benzene rings is 2. The second kappa shape index (κ2) is 8.04. The summed E-state index contributed by atoms with van der Waals surface area (Å²) in [6, 6.07) is 18.3. The van der Waals surface area contributed by atoms with E-state index in [1.807, 2.05) is 48.7 Å². The van der Waals surface area contributed by atoms with Crippen molar-refractivity contribution in [2.75, 3.05) is 11.0 Å². The maximum Gasteiger partial charge on any atom is 0.274 e. The van der Waals surface area contributed by atoms with Crippen molar-refractivity contribution in [1.82, 2.24) is 5.01 Å². The molecule has 0 radical (unpaired) electrons. The standard InChI is InChI=1S/C22H21N3O3S2/c1-15-6-3-8-17(12-15)22(26)25-20(21-10-5-11-29-21)14-19(23-25)16-7-4-9-18(13-16)24-30(2,27)28/h3-13,20,24H,14H2,1-2H3/t20-/m1/s1. The Balaban J connectivity index is 1.70. The van der Waals surface area contributed by atoms with Crippen LogP contribution in [0.2, 0.25) is 0 Å². The van der Waals surface area contributed by atoms with Crippen molar-refractivity contribution in [1.29, 1.82) is 0 Å². The molecule has 0 unspecified atom stereocenters. The van der Waals surface area contributed by atoms with E-state index in [4.69, 9.17) is 0 Å². The van der Waals surface area contributed by atoms with E-state index < -0.39 is 10.0 Å². The number of rotatable bonds is 5. The first-order chi connectivity index (χ1) is 14.3. The first-order valence-corrected chi connectivity index (χ1v) is 12.2. The molecular weight excluding hydrogens is 418 g/mol. The van der Waals surface area contributed by atoms with Crippen LogP contribution in [-0.2, 0) is 10.0 Å². The lowest BCUT2D eigenvalue weighted by Crippen LogP contribution is -2.26. The third-order valence-electron chi connectivity index (χ3n) is 4.75. The van der Waals surface area contributed by atoms with Crippen molar-refractivity contribution in [3.63, 3.8) is 0 Å². The van der Waals surface area contributed by atoms with Crippen LogP contribution < -0.4 is 4.72 Å². The lowest BCUT2D eigenvalue weighted by molar-refractivity contribution is 0.0713. The zero-order valence-electron chi connectivity index (χ0n) is 16.6. The molecule has 0 saturated heterocycles. The first kappa shape index (κ1) is 20.3. The molecule has 6 nitrogen and oxygen atoms in total. The Hall–Kier alpha value is -2.97. The highest BCUT2D eigenvalue weighted by Gasteiger charge is 2.34. The molecule has 1 aliphatic rings. The summed E-state index contributed by atoms with van der Waals surface area (Å²) in [7, 11) is -3.38. The predicted molar refractivity (Wildman–Crippen MR) is 120 cm³/mol. The van der Waals surface area contributed by atoms with Gasteiger partial charge in [0.05, 0.1) is 18.0 Å². The van der Waals surface area contributed by atoms with Gasteiger partial charge >= 0.3 is 0 Å². The van der Waals surface area contributed by atoms with Crippen LogP contribution in [0.25, 0.3) is 0 Å². The molecule has 2 heterocycles. The molecule has 0 saturated carbocycles. The number of hydrogen-bond donors (Lipinski definition) is 1. The maximum absolute atomic E-state index is 13.3. The molecular formula is C22H21N3O3S2. The summed E-state index contributed by atoms with van der Waals surface area (Å²) in [5.74, 6) is -0.155. The van der Waals surface area contributed by atoms with Crippen molar-refractivity contribution in [2.45, 2.75) is 19.4 Å². The van der Waals surface area contributed by atoms with Crippen LogP contribution >= 0.6 is 11.3 Å². The highest BCUT2D eigenvalue weighted by molar-refractivity contribution is 7.92. The van der Waals surface area contributed by atoms with Gasteiger partial charge < -0.3 is 0 Å². The first-order valence-electron chi connectivity index (χ1n) is 9.39. The second-order valence-corrected chi connectivity index (χ2v) is 9.98.